The molecule has 1 aromatic rings. The number of likely N-dealkylation sites (tertiary alicyclic amines) is 1. The number of benzene rings is 1. The van der Waals surface area contributed by atoms with E-state index in [0.717, 1.165) is 25.8 Å². The Morgan fingerprint density at radius 3 is 2.75 bits per heavy atom. The van der Waals surface area contributed by atoms with Crippen LogP contribution in [-0.2, 0) is 17.8 Å². The number of amides is 1. The Labute approximate surface area is 121 Å². The maximum atomic E-state index is 11.5. The fourth-order valence-electron chi connectivity index (χ4n) is 3.64. The molecule has 2 N–H and O–H groups in total. The third-order valence-electron chi connectivity index (χ3n) is 4.72. The van der Waals surface area contributed by atoms with Gasteiger partial charge in [-0.2, -0.15) is 0 Å². The highest BCUT2D eigenvalue weighted by Crippen LogP contribution is 2.32. The molecule has 3 rings (SSSR count). The van der Waals surface area contributed by atoms with Crippen molar-refractivity contribution in [2.45, 2.75) is 51.0 Å². The SMILES string of the molecule is NC(=O)C1CCCc2cc(CN3CCCCC3)ccc21. The van der Waals surface area contributed by atoms with Crippen molar-refractivity contribution in [2.75, 3.05) is 13.1 Å². The van der Waals surface area contributed by atoms with Crippen molar-refractivity contribution in [3.8, 4) is 0 Å². The number of nitrogens with zero attached hydrogens (tertiary/aromatic N) is 1. The number of hydrogen-bond acceptors (Lipinski definition) is 2. The lowest BCUT2D eigenvalue weighted by Crippen LogP contribution is -2.29. The number of carbonyl (C=O) groups excluding carboxylic acids is 1. The molecule has 1 aliphatic carbocycles. The van der Waals surface area contributed by atoms with Crippen molar-refractivity contribution in [1.82, 2.24) is 4.90 Å². The summed E-state index contributed by atoms with van der Waals surface area (Å²) in [6.45, 7) is 3.50. The number of primary amides is 1. The van der Waals surface area contributed by atoms with Gasteiger partial charge in [0.1, 0.15) is 0 Å². The first-order valence-corrected chi connectivity index (χ1v) is 7.87. The number of nitrogens with two attached hydrogens (primary N) is 1. The predicted octanol–water partition coefficient (Wildman–Crippen LogP) is 2.58. The molecule has 1 saturated heterocycles. The number of hydrogen-bond donors (Lipinski definition) is 1. The third kappa shape index (κ3) is 2.88. The molecule has 0 bridgehead atoms. The lowest BCUT2D eigenvalue weighted by atomic mass is 9.81. The summed E-state index contributed by atoms with van der Waals surface area (Å²) in [7, 11) is 0. The van der Waals surface area contributed by atoms with E-state index in [0.29, 0.717) is 0 Å². The lowest BCUT2D eigenvalue weighted by Gasteiger charge is -2.28. The van der Waals surface area contributed by atoms with E-state index in [1.165, 1.54) is 49.0 Å². The zero-order chi connectivity index (χ0) is 13.9. The summed E-state index contributed by atoms with van der Waals surface area (Å²) in [5.74, 6) is -0.238. The minimum absolute atomic E-state index is 0.0669. The average Bonchev–Trinajstić information content (AvgIpc) is 2.47. The first-order chi connectivity index (χ1) is 9.74. The fourth-order valence-corrected chi connectivity index (χ4v) is 3.64. The van der Waals surface area contributed by atoms with E-state index < -0.39 is 0 Å². The fraction of sp³-hybridized carbons (Fsp3) is 0.588. The van der Waals surface area contributed by atoms with Gasteiger partial charge < -0.3 is 5.73 Å². The zero-order valence-corrected chi connectivity index (χ0v) is 12.1. The lowest BCUT2D eigenvalue weighted by molar-refractivity contribution is -0.119. The molecule has 1 fully saturated rings. The van der Waals surface area contributed by atoms with Gasteiger partial charge in [-0.1, -0.05) is 24.6 Å². The normalized spacial score (nSPS) is 23.3. The third-order valence-corrected chi connectivity index (χ3v) is 4.72. The summed E-state index contributed by atoms with van der Waals surface area (Å²) < 4.78 is 0. The Morgan fingerprint density at radius 1 is 1.20 bits per heavy atom. The Balaban J connectivity index is 1.76. The molecule has 0 saturated carbocycles. The Morgan fingerprint density at radius 2 is 2.00 bits per heavy atom. The quantitative estimate of drug-likeness (QED) is 0.919. The number of fused-ring (bicyclic) bond motifs is 1. The maximum Gasteiger partial charge on any atom is 0.224 e. The van der Waals surface area contributed by atoms with Crippen molar-refractivity contribution in [3.63, 3.8) is 0 Å². The van der Waals surface area contributed by atoms with Gasteiger partial charge in [0, 0.05) is 6.54 Å². The van der Waals surface area contributed by atoms with Crippen LogP contribution in [0.4, 0.5) is 0 Å². The van der Waals surface area contributed by atoms with Gasteiger partial charge in [0.05, 0.1) is 5.92 Å². The van der Waals surface area contributed by atoms with Gasteiger partial charge in [0.2, 0.25) is 5.91 Å². The highest BCUT2D eigenvalue weighted by molar-refractivity contribution is 5.82. The van der Waals surface area contributed by atoms with Crippen LogP contribution in [-0.4, -0.2) is 23.9 Å². The molecule has 0 radical (unpaired) electrons. The molecule has 1 aliphatic heterocycles. The summed E-state index contributed by atoms with van der Waals surface area (Å²) in [6.07, 6.45) is 7.11. The van der Waals surface area contributed by atoms with Crippen LogP contribution in [0.25, 0.3) is 0 Å². The van der Waals surface area contributed by atoms with Crippen LogP contribution >= 0.6 is 0 Å². The van der Waals surface area contributed by atoms with E-state index in [9.17, 15) is 4.79 Å². The van der Waals surface area contributed by atoms with Crippen LogP contribution in [0.3, 0.4) is 0 Å². The van der Waals surface area contributed by atoms with Gasteiger partial charge >= 0.3 is 0 Å². The van der Waals surface area contributed by atoms with Crippen LogP contribution in [0.1, 0.15) is 54.7 Å². The number of piperidine rings is 1. The van der Waals surface area contributed by atoms with Crippen LogP contribution in [0.2, 0.25) is 0 Å². The highest BCUT2D eigenvalue weighted by atomic mass is 16.1. The summed E-state index contributed by atoms with van der Waals surface area (Å²) >= 11 is 0. The van der Waals surface area contributed by atoms with E-state index >= 15 is 0 Å². The molecule has 20 heavy (non-hydrogen) atoms. The minimum atomic E-state index is -0.172. The first kappa shape index (κ1) is 13.6. The second-order valence-electron chi connectivity index (χ2n) is 6.22. The molecule has 1 aromatic carbocycles. The molecule has 3 heteroatoms. The van der Waals surface area contributed by atoms with Crippen molar-refractivity contribution >= 4 is 5.91 Å². The molecule has 0 spiro atoms. The van der Waals surface area contributed by atoms with Gasteiger partial charge in [-0.3, -0.25) is 9.69 Å². The predicted molar refractivity (Wildman–Crippen MR) is 80.4 cm³/mol. The summed E-state index contributed by atoms with van der Waals surface area (Å²) in [5.41, 5.74) is 9.42. The van der Waals surface area contributed by atoms with Crippen LogP contribution in [0.15, 0.2) is 18.2 Å². The Kier molecular flexibility index (Phi) is 4.06. The monoisotopic (exact) mass is 272 g/mol. The molecule has 3 nitrogen and oxygen atoms in total. The van der Waals surface area contributed by atoms with Gasteiger partial charge in [-0.05, 0) is 61.9 Å². The van der Waals surface area contributed by atoms with E-state index in [4.69, 9.17) is 5.73 Å². The topological polar surface area (TPSA) is 46.3 Å². The molecule has 108 valence electrons. The number of aryl methyl sites for hydroxylation is 1. The molecule has 1 heterocycles. The van der Waals surface area contributed by atoms with Crippen molar-refractivity contribution in [1.29, 1.82) is 0 Å². The molecule has 1 unspecified atom stereocenters. The van der Waals surface area contributed by atoms with Gasteiger partial charge in [0.25, 0.3) is 0 Å². The van der Waals surface area contributed by atoms with E-state index in [1.807, 2.05) is 0 Å². The van der Waals surface area contributed by atoms with E-state index in [-0.39, 0.29) is 11.8 Å². The van der Waals surface area contributed by atoms with E-state index in [2.05, 4.69) is 23.1 Å². The smallest absolute Gasteiger partial charge is 0.224 e. The molecule has 1 amide bonds. The number of rotatable bonds is 3. The van der Waals surface area contributed by atoms with Crippen LogP contribution in [0, 0.1) is 0 Å². The molecule has 2 aliphatic rings. The minimum Gasteiger partial charge on any atom is -0.369 e. The Hall–Kier alpha value is -1.35. The standard InChI is InChI=1S/C17H24N2O/c18-17(20)16-6-4-5-14-11-13(7-8-15(14)16)12-19-9-2-1-3-10-19/h7-8,11,16H,1-6,9-10,12H2,(H2,18,20). The van der Waals surface area contributed by atoms with Crippen molar-refractivity contribution in [2.24, 2.45) is 5.73 Å². The summed E-state index contributed by atoms with van der Waals surface area (Å²) in [5, 5.41) is 0. The largest absolute Gasteiger partial charge is 0.369 e. The Bertz CT molecular complexity index is 492. The van der Waals surface area contributed by atoms with Crippen LogP contribution < -0.4 is 5.73 Å². The summed E-state index contributed by atoms with van der Waals surface area (Å²) in [6, 6.07) is 6.64. The van der Waals surface area contributed by atoms with Crippen LogP contribution in [0.5, 0.6) is 0 Å². The highest BCUT2D eigenvalue weighted by Gasteiger charge is 2.24. The number of carbonyl (C=O) groups is 1. The second kappa shape index (κ2) is 5.96. The first-order valence-electron chi connectivity index (χ1n) is 7.87. The van der Waals surface area contributed by atoms with Gasteiger partial charge in [0.15, 0.2) is 0 Å². The van der Waals surface area contributed by atoms with E-state index in [1.54, 1.807) is 0 Å². The van der Waals surface area contributed by atoms with Crippen molar-refractivity contribution in [3.05, 3.63) is 34.9 Å². The van der Waals surface area contributed by atoms with Gasteiger partial charge in [-0.25, -0.2) is 0 Å². The maximum absolute atomic E-state index is 11.5. The molecular formula is C17H24N2O. The summed E-state index contributed by atoms with van der Waals surface area (Å²) in [4.78, 5) is 14.1. The zero-order valence-electron chi connectivity index (χ0n) is 12.1. The second-order valence-corrected chi connectivity index (χ2v) is 6.22. The van der Waals surface area contributed by atoms with Gasteiger partial charge in [-0.15, -0.1) is 0 Å². The molecule has 1 atom stereocenters. The molecule has 0 aromatic heterocycles. The van der Waals surface area contributed by atoms with Crippen molar-refractivity contribution < 1.29 is 4.79 Å². The molecular weight excluding hydrogens is 248 g/mol. The average molecular weight is 272 g/mol.